The topological polar surface area (TPSA) is 150 Å². The lowest BCUT2D eigenvalue weighted by molar-refractivity contribution is -0.121. The van der Waals surface area contributed by atoms with E-state index in [-0.39, 0.29) is 41.5 Å². The number of fused-ring (bicyclic) bond motifs is 2. The van der Waals surface area contributed by atoms with E-state index in [1.807, 2.05) is 0 Å². The molecule has 164 valence electrons. The minimum absolute atomic E-state index is 0.0329. The Labute approximate surface area is 180 Å². The van der Waals surface area contributed by atoms with Crippen LogP contribution in [0.1, 0.15) is 23.5 Å². The van der Waals surface area contributed by atoms with Crippen LogP contribution in [0.2, 0.25) is 0 Å². The van der Waals surface area contributed by atoms with Crippen molar-refractivity contribution in [2.75, 3.05) is 13.2 Å². The molecule has 0 fully saturated rings. The maximum atomic E-state index is 13.1. The van der Waals surface area contributed by atoms with Crippen molar-refractivity contribution in [1.29, 1.82) is 0 Å². The molecule has 2 aromatic carbocycles. The average molecular weight is 437 g/mol. The Balaban J connectivity index is 2.01. The molecule has 32 heavy (non-hydrogen) atoms. The molecule has 2 heterocycles. The van der Waals surface area contributed by atoms with Crippen LogP contribution in [0.4, 0.5) is 0 Å². The number of amides is 1. The van der Waals surface area contributed by atoms with Crippen molar-refractivity contribution in [3.8, 4) is 11.5 Å². The molecule has 0 spiro atoms. The van der Waals surface area contributed by atoms with Crippen LogP contribution in [-0.4, -0.2) is 34.4 Å². The number of carbonyl (C=O) groups is 1. The largest absolute Gasteiger partial charge is 0.507 e. The minimum atomic E-state index is -1.73. The second-order valence-electron chi connectivity index (χ2n) is 7.10. The van der Waals surface area contributed by atoms with Gasteiger partial charge in [-0.05, 0) is 30.7 Å². The maximum absolute atomic E-state index is 13.1. The van der Waals surface area contributed by atoms with Gasteiger partial charge in [-0.15, -0.1) is 0 Å². The summed E-state index contributed by atoms with van der Waals surface area (Å²) in [5.74, 6) is -3.68. The highest BCUT2D eigenvalue weighted by Gasteiger charge is 2.36. The second kappa shape index (κ2) is 8.56. The van der Waals surface area contributed by atoms with Crippen LogP contribution in [0.15, 0.2) is 67.0 Å². The number of aliphatic hydroxyl groups excluding tert-OH is 1. The molecule has 2 aromatic heterocycles. The first-order valence-electron chi connectivity index (χ1n) is 9.82. The molecule has 0 bridgehead atoms. The number of nitrogens with one attached hydrogen (secondary N) is 1. The fraction of sp³-hybridized carbons (Fsp3) is 0.174. The van der Waals surface area contributed by atoms with Crippen LogP contribution in [0.3, 0.4) is 0 Å². The van der Waals surface area contributed by atoms with E-state index in [0.717, 1.165) is 0 Å². The number of hydrogen-bond acceptors (Lipinski definition) is 8. The number of carbonyl (C=O) groups excluding carboxylic acids is 1. The molecule has 0 atom stereocenters. The van der Waals surface area contributed by atoms with Gasteiger partial charge in [-0.3, -0.25) is 4.79 Å². The van der Waals surface area contributed by atoms with Crippen LogP contribution in [0, 0.1) is 0 Å². The molecule has 0 unspecified atom stereocenters. The van der Waals surface area contributed by atoms with Gasteiger partial charge >= 0.3 is 11.3 Å². The minimum Gasteiger partial charge on any atom is -0.507 e. The summed E-state index contributed by atoms with van der Waals surface area (Å²) in [7, 11) is 0. The van der Waals surface area contributed by atoms with Crippen molar-refractivity contribution < 1.29 is 28.9 Å². The van der Waals surface area contributed by atoms with E-state index in [2.05, 4.69) is 5.32 Å². The van der Waals surface area contributed by atoms with E-state index in [1.54, 1.807) is 24.3 Å². The molecule has 1 amide bonds. The van der Waals surface area contributed by atoms with Crippen molar-refractivity contribution in [3.05, 3.63) is 80.5 Å². The fourth-order valence-electron chi connectivity index (χ4n) is 3.60. The monoisotopic (exact) mass is 437 g/mol. The van der Waals surface area contributed by atoms with Gasteiger partial charge in [0.15, 0.2) is 0 Å². The summed E-state index contributed by atoms with van der Waals surface area (Å²) in [4.78, 5) is 38.8. The molecule has 0 saturated heterocycles. The van der Waals surface area contributed by atoms with Crippen molar-refractivity contribution >= 4 is 27.8 Å². The van der Waals surface area contributed by atoms with E-state index in [9.17, 15) is 24.6 Å². The van der Waals surface area contributed by atoms with Crippen LogP contribution >= 0.6 is 0 Å². The van der Waals surface area contributed by atoms with Gasteiger partial charge in [-0.2, -0.15) is 0 Å². The van der Waals surface area contributed by atoms with Gasteiger partial charge in [0.05, 0.1) is 21.9 Å². The Kier molecular flexibility index (Phi) is 5.65. The van der Waals surface area contributed by atoms with E-state index < -0.39 is 45.7 Å². The molecule has 4 aromatic rings. The summed E-state index contributed by atoms with van der Waals surface area (Å²) in [5, 5.41) is 33.6. The van der Waals surface area contributed by atoms with Crippen LogP contribution in [0.25, 0.3) is 21.9 Å². The van der Waals surface area contributed by atoms with E-state index in [4.69, 9.17) is 13.9 Å². The summed E-state index contributed by atoms with van der Waals surface area (Å²) < 4.78 is 10.5. The Bertz CT molecular complexity index is 1340. The third-order valence-corrected chi connectivity index (χ3v) is 5.11. The van der Waals surface area contributed by atoms with Crippen LogP contribution in [-0.2, 0) is 4.79 Å². The predicted molar refractivity (Wildman–Crippen MR) is 115 cm³/mol. The summed E-state index contributed by atoms with van der Waals surface area (Å²) in [5.41, 5.74) is -2.93. The molecule has 0 saturated carbocycles. The van der Waals surface area contributed by atoms with Crippen LogP contribution in [0.5, 0.6) is 11.5 Å². The number of rotatable bonds is 6. The fourth-order valence-corrected chi connectivity index (χ4v) is 3.60. The summed E-state index contributed by atoms with van der Waals surface area (Å²) in [6, 6.07) is 12.3. The van der Waals surface area contributed by atoms with E-state index >= 15 is 0 Å². The quantitative estimate of drug-likeness (QED) is 0.264. The van der Waals surface area contributed by atoms with Gasteiger partial charge in [0, 0.05) is 13.2 Å². The third-order valence-electron chi connectivity index (χ3n) is 5.11. The Morgan fingerprint density at radius 2 is 1.31 bits per heavy atom. The normalized spacial score (nSPS) is 11.3. The van der Waals surface area contributed by atoms with E-state index in [0.29, 0.717) is 0 Å². The molecule has 4 N–H and O–H groups in total. The Morgan fingerprint density at radius 3 is 1.78 bits per heavy atom. The third kappa shape index (κ3) is 3.58. The molecule has 9 heteroatoms. The first kappa shape index (κ1) is 21.1. The van der Waals surface area contributed by atoms with Gasteiger partial charge < -0.3 is 29.5 Å². The molecule has 9 nitrogen and oxygen atoms in total. The van der Waals surface area contributed by atoms with Crippen molar-refractivity contribution in [3.63, 3.8) is 0 Å². The van der Waals surface area contributed by atoms with Crippen molar-refractivity contribution in [2.24, 2.45) is 0 Å². The smallest absolute Gasteiger partial charge is 0.344 e. The number of para-hydroxylation sites is 2. The Morgan fingerprint density at radius 1 is 0.844 bits per heavy atom. The first-order valence-corrected chi connectivity index (χ1v) is 9.82. The molecule has 0 aliphatic rings. The van der Waals surface area contributed by atoms with Crippen molar-refractivity contribution in [2.45, 2.75) is 12.3 Å². The second-order valence-corrected chi connectivity index (χ2v) is 7.10. The summed E-state index contributed by atoms with van der Waals surface area (Å²) in [6.07, 6.45) is 0.217. The molecule has 4 rings (SSSR count). The SMILES string of the molecule is O=C(NCCCO)C(c1c(O)c2ccccc2oc1=O)c1c(O)c2ccccc2oc1=O. The van der Waals surface area contributed by atoms with Gasteiger partial charge in [0.1, 0.15) is 28.6 Å². The standard InChI is InChI=1S/C23H19NO8/c25-11-5-10-24-21(28)16(17-19(26)12-6-1-3-8-14(12)31-22(17)29)18-20(27)13-7-2-4-9-15(13)32-23(18)30/h1-4,6-9,16,25-27H,5,10-11H2,(H,24,28). The van der Waals surface area contributed by atoms with Crippen molar-refractivity contribution in [1.82, 2.24) is 5.32 Å². The molecular weight excluding hydrogens is 418 g/mol. The van der Waals surface area contributed by atoms with Crippen LogP contribution < -0.4 is 16.6 Å². The Hall–Kier alpha value is -4.11. The predicted octanol–water partition coefficient (Wildman–Crippen LogP) is 1.94. The zero-order valence-electron chi connectivity index (χ0n) is 16.7. The maximum Gasteiger partial charge on any atom is 0.344 e. The van der Waals surface area contributed by atoms with Gasteiger partial charge in [-0.1, -0.05) is 24.3 Å². The van der Waals surface area contributed by atoms with Gasteiger partial charge in [0.2, 0.25) is 5.91 Å². The highest BCUT2D eigenvalue weighted by molar-refractivity contribution is 5.94. The summed E-state index contributed by atoms with van der Waals surface area (Å²) in [6.45, 7) is -0.164. The first-order chi connectivity index (χ1) is 15.4. The molecule has 0 radical (unpaired) electrons. The molecule has 0 aliphatic carbocycles. The average Bonchev–Trinajstić information content (AvgIpc) is 2.78. The molecular formula is C23H19NO8. The number of benzene rings is 2. The highest BCUT2D eigenvalue weighted by atomic mass is 16.4. The van der Waals surface area contributed by atoms with E-state index in [1.165, 1.54) is 24.3 Å². The number of aromatic hydroxyl groups is 2. The number of hydrogen-bond donors (Lipinski definition) is 4. The lowest BCUT2D eigenvalue weighted by atomic mass is 9.89. The lowest BCUT2D eigenvalue weighted by Crippen LogP contribution is -2.35. The number of aliphatic hydroxyl groups is 1. The zero-order chi connectivity index (χ0) is 22.8. The summed E-state index contributed by atoms with van der Waals surface area (Å²) >= 11 is 0. The van der Waals surface area contributed by atoms with Gasteiger partial charge in [-0.25, -0.2) is 9.59 Å². The lowest BCUT2D eigenvalue weighted by Gasteiger charge is -2.18. The highest BCUT2D eigenvalue weighted by Crippen LogP contribution is 2.38. The zero-order valence-corrected chi connectivity index (χ0v) is 16.7. The molecule has 0 aliphatic heterocycles. The van der Waals surface area contributed by atoms with Gasteiger partial charge in [0.25, 0.3) is 0 Å².